The van der Waals surface area contributed by atoms with E-state index in [9.17, 15) is 14.0 Å². The number of amides is 2. The Balaban J connectivity index is 1.82. The van der Waals surface area contributed by atoms with Crippen molar-refractivity contribution in [3.8, 4) is 5.75 Å². The molecule has 2 amide bonds. The van der Waals surface area contributed by atoms with Crippen LogP contribution in [0.2, 0.25) is 0 Å². The Morgan fingerprint density at radius 1 is 1.12 bits per heavy atom. The Hall–Kier alpha value is -2.54. The van der Waals surface area contributed by atoms with Crippen LogP contribution in [0.15, 0.2) is 48.5 Å². The second kappa shape index (κ2) is 9.08. The first-order chi connectivity index (χ1) is 12.0. The van der Waals surface area contributed by atoms with Crippen LogP contribution in [-0.2, 0) is 9.59 Å². The van der Waals surface area contributed by atoms with E-state index in [-0.39, 0.29) is 23.4 Å². The van der Waals surface area contributed by atoms with Crippen molar-refractivity contribution in [1.29, 1.82) is 0 Å². The molecule has 0 aliphatic rings. The number of benzene rings is 2. The van der Waals surface area contributed by atoms with Gasteiger partial charge in [0.25, 0.3) is 0 Å². The summed E-state index contributed by atoms with van der Waals surface area (Å²) in [6, 6.07) is 12.6. The molecule has 0 radical (unpaired) electrons. The van der Waals surface area contributed by atoms with Gasteiger partial charge in [-0.2, -0.15) is 0 Å². The standard InChI is InChI=1S/C18H19FN2O3S/c1-12(18(23)20-14-9-7-13(19)8-10-14)25-11-17(22)21-15-5-3-4-6-16(15)24-2/h3-10,12H,11H2,1-2H3,(H,20,23)(H,21,22)/t12-/m0/s1. The smallest absolute Gasteiger partial charge is 0.237 e. The Bertz CT molecular complexity index is 737. The van der Waals surface area contributed by atoms with Gasteiger partial charge < -0.3 is 15.4 Å². The average molecular weight is 362 g/mol. The summed E-state index contributed by atoms with van der Waals surface area (Å²) in [6.07, 6.45) is 0. The molecule has 5 nitrogen and oxygen atoms in total. The lowest BCUT2D eigenvalue weighted by molar-refractivity contribution is -0.115. The molecular formula is C18H19FN2O3S. The van der Waals surface area contributed by atoms with Crippen LogP contribution in [0.4, 0.5) is 15.8 Å². The van der Waals surface area contributed by atoms with Gasteiger partial charge in [0.2, 0.25) is 11.8 Å². The molecule has 2 aromatic rings. The fourth-order valence-electron chi connectivity index (χ4n) is 1.99. The molecule has 0 bridgehead atoms. The van der Waals surface area contributed by atoms with E-state index in [4.69, 9.17) is 4.74 Å². The lowest BCUT2D eigenvalue weighted by Crippen LogP contribution is -2.25. The van der Waals surface area contributed by atoms with Gasteiger partial charge >= 0.3 is 0 Å². The second-order valence-electron chi connectivity index (χ2n) is 5.20. The molecule has 0 aliphatic carbocycles. The predicted molar refractivity (Wildman–Crippen MR) is 98.6 cm³/mol. The summed E-state index contributed by atoms with van der Waals surface area (Å²) in [7, 11) is 1.53. The van der Waals surface area contributed by atoms with E-state index < -0.39 is 5.25 Å². The van der Waals surface area contributed by atoms with Gasteiger partial charge in [0.1, 0.15) is 11.6 Å². The maximum absolute atomic E-state index is 12.9. The lowest BCUT2D eigenvalue weighted by Gasteiger charge is -2.13. The molecule has 2 aromatic carbocycles. The monoisotopic (exact) mass is 362 g/mol. The van der Waals surface area contributed by atoms with Gasteiger partial charge in [0, 0.05) is 5.69 Å². The minimum atomic E-state index is -0.437. The van der Waals surface area contributed by atoms with Crippen LogP contribution in [0.1, 0.15) is 6.92 Å². The van der Waals surface area contributed by atoms with Crippen LogP contribution < -0.4 is 15.4 Å². The maximum Gasteiger partial charge on any atom is 0.237 e. The SMILES string of the molecule is COc1ccccc1NC(=O)CS[C@@H](C)C(=O)Nc1ccc(F)cc1. The second-order valence-corrected chi connectivity index (χ2v) is 6.53. The largest absolute Gasteiger partial charge is 0.495 e. The van der Waals surface area contributed by atoms with Crippen molar-refractivity contribution < 1.29 is 18.7 Å². The number of carbonyl (C=O) groups is 2. The number of carbonyl (C=O) groups excluding carboxylic acids is 2. The van der Waals surface area contributed by atoms with E-state index in [1.54, 1.807) is 25.1 Å². The molecule has 2 N–H and O–H groups in total. The molecule has 0 heterocycles. The first kappa shape index (κ1) is 18.8. The van der Waals surface area contributed by atoms with Gasteiger partial charge in [-0.1, -0.05) is 12.1 Å². The predicted octanol–water partition coefficient (Wildman–Crippen LogP) is 3.53. The Morgan fingerprint density at radius 2 is 1.80 bits per heavy atom. The maximum atomic E-state index is 12.9. The van der Waals surface area contributed by atoms with E-state index >= 15 is 0 Å². The normalized spacial score (nSPS) is 11.5. The summed E-state index contributed by atoms with van der Waals surface area (Å²) in [4.78, 5) is 24.1. The van der Waals surface area contributed by atoms with Gasteiger partial charge in [0.15, 0.2) is 0 Å². The molecule has 0 unspecified atom stereocenters. The highest BCUT2D eigenvalue weighted by Gasteiger charge is 2.16. The molecule has 7 heteroatoms. The highest BCUT2D eigenvalue weighted by molar-refractivity contribution is 8.01. The highest BCUT2D eigenvalue weighted by atomic mass is 32.2. The van der Waals surface area contributed by atoms with Crippen LogP contribution in [0.5, 0.6) is 5.75 Å². The van der Waals surface area contributed by atoms with Gasteiger partial charge in [-0.3, -0.25) is 9.59 Å². The first-order valence-corrected chi connectivity index (χ1v) is 8.65. The van der Waals surface area contributed by atoms with E-state index in [0.717, 1.165) is 0 Å². The van der Waals surface area contributed by atoms with Crippen molar-refractivity contribution >= 4 is 35.0 Å². The number of anilines is 2. The Kier molecular flexibility index (Phi) is 6.82. The van der Waals surface area contributed by atoms with E-state index in [1.807, 2.05) is 6.07 Å². The summed E-state index contributed by atoms with van der Waals surface area (Å²) in [5, 5.41) is 5.00. The third-order valence-electron chi connectivity index (χ3n) is 3.33. The molecule has 1 atom stereocenters. The van der Waals surface area contributed by atoms with Crippen LogP contribution in [-0.4, -0.2) is 29.9 Å². The molecule has 0 aliphatic heterocycles. The van der Waals surface area contributed by atoms with E-state index in [0.29, 0.717) is 17.1 Å². The third-order valence-corrected chi connectivity index (χ3v) is 4.47. The van der Waals surface area contributed by atoms with Crippen molar-refractivity contribution in [2.24, 2.45) is 0 Å². The van der Waals surface area contributed by atoms with Crippen molar-refractivity contribution in [3.05, 3.63) is 54.3 Å². The molecule has 0 fully saturated rings. The molecule has 25 heavy (non-hydrogen) atoms. The zero-order chi connectivity index (χ0) is 18.2. The summed E-state index contributed by atoms with van der Waals surface area (Å²) in [5.41, 5.74) is 1.09. The van der Waals surface area contributed by atoms with Crippen molar-refractivity contribution in [1.82, 2.24) is 0 Å². The molecule has 0 saturated carbocycles. The highest BCUT2D eigenvalue weighted by Crippen LogP contribution is 2.23. The minimum absolute atomic E-state index is 0.121. The van der Waals surface area contributed by atoms with Crippen LogP contribution in [0, 0.1) is 5.82 Å². The minimum Gasteiger partial charge on any atom is -0.495 e. The number of para-hydroxylation sites is 2. The molecule has 0 aromatic heterocycles. The number of halogens is 1. The zero-order valence-electron chi connectivity index (χ0n) is 13.9. The molecular weight excluding hydrogens is 343 g/mol. The number of thioether (sulfide) groups is 1. The Morgan fingerprint density at radius 3 is 2.48 bits per heavy atom. The van der Waals surface area contributed by atoms with E-state index in [1.165, 1.54) is 43.1 Å². The number of rotatable bonds is 7. The summed E-state index contributed by atoms with van der Waals surface area (Å²) in [6.45, 7) is 1.71. The van der Waals surface area contributed by atoms with Gasteiger partial charge in [0.05, 0.1) is 23.8 Å². The summed E-state index contributed by atoms with van der Waals surface area (Å²) in [5.74, 6) is -0.148. The summed E-state index contributed by atoms with van der Waals surface area (Å²) < 4.78 is 18.0. The average Bonchev–Trinajstić information content (AvgIpc) is 2.62. The van der Waals surface area contributed by atoms with Gasteiger partial charge in [-0.25, -0.2) is 4.39 Å². The number of ether oxygens (including phenoxy) is 1. The fourth-order valence-corrected chi connectivity index (χ4v) is 2.67. The first-order valence-electron chi connectivity index (χ1n) is 7.60. The molecule has 132 valence electrons. The lowest BCUT2D eigenvalue weighted by atomic mass is 10.3. The fraction of sp³-hybridized carbons (Fsp3) is 0.222. The van der Waals surface area contributed by atoms with Gasteiger partial charge in [-0.15, -0.1) is 11.8 Å². The van der Waals surface area contributed by atoms with Crippen LogP contribution in [0.25, 0.3) is 0 Å². The molecule has 0 saturated heterocycles. The third kappa shape index (κ3) is 5.79. The van der Waals surface area contributed by atoms with Crippen molar-refractivity contribution in [3.63, 3.8) is 0 Å². The van der Waals surface area contributed by atoms with Crippen LogP contribution >= 0.6 is 11.8 Å². The molecule has 0 spiro atoms. The molecule has 2 rings (SSSR count). The van der Waals surface area contributed by atoms with Crippen LogP contribution in [0.3, 0.4) is 0 Å². The number of hydrogen-bond donors (Lipinski definition) is 2. The number of methoxy groups -OCH3 is 1. The summed E-state index contributed by atoms with van der Waals surface area (Å²) >= 11 is 1.21. The van der Waals surface area contributed by atoms with Gasteiger partial charge in [-0.05, 0) is 43.3 Å². The Labute approximate surface area is 150 Å². The number of nitrogens with one attached hydrogen (secondary N) is 2. The van der Waals surface area contributed by atoms with Crippen molar-refractivity contribution in [2.75, 3.05) is 23.5 Å². The number of hydrogen-bond acceptors (Lipinski definition) is 4. The van der Waals surface area contributed by atoms with E-state index in [2.05, 4.69) is 10.6 Å². The topological polar surface area (TPSA) is 67.4 Å². The quantitative estimate of drug-likeness (QED) is 0.791. The zero-order valence-corrected chi connectivity index (χ0v) is 14.7. The van der Waals surface area contributed by atoms with Crippen molar-refractivity contribution in [2.45, 2.75) is 12.2 Å².